The summed E-state index contributed by atoms with van der Waals surface area (Å²) in [7, 11) is 0. The lowest BCUT2D eigenvalue weighted by molar-refractivity contribution is -0.132. The maximum absolute atomic E-state index is 12.5. The molecular weight excluding hydrogens is 358 g/mol. The van der Waals surface area contributed by atoms with E-state index >= 15 is 0 Å². The fourth-order valence-corrected chi connectivity index (χ4v) is 3.75. The van der Waals surface area contributed by atoms with Crippen molar-refractivity contribution in [3.63, 3.8) is 0 Å². The van der Waals surface area contributed by atoms with Gasteiger partial charge in [-0.3, -0.25) is 9.59 Å². The first-order valence-electron chi connectivity index (χ1n) is 9.39. The molecule has 6 heteroatoms. The normalized spacial score (nSPS) is 15.1. The van der Waals surface area contributed by atoms with Gasteiger partial charge in [-0.25, -0.2) is 4.98 Å². The van der Waals surface area contributed by atoms with Gasteiger partial charge in [0.1, 0.15) is 5.69 Å². The highest BCUT2D eigenvalue weighted by Gasteiger charge is 2.25. The summed E-state index contributed by atoms with van der Waals surface area (Å²) >= 11 is 1.42. The average Bonchev–Trinajstić information content (AvgIpc) is 3.20. The van der Waals surface area contributed by atoms with E-state index in [1.165, 1.54) is 22.5 Å². The van der Waals surface area contributed by atoms with Gasteiger partial charge in [-0.2, -0.15) is 0 Å². The van der Waals surface area contributed by atoms with Crippen molar-refractivity contribution < 1.29 is 9.59 Å². The molecule has 0 saturated carbocycles. The van der Waals surface area contributed by atoms with Crippen LogP contribution >= 0.6 is 11.3 Å². The molecule has 0 N–H and O–H groups in total. The first-order chi connectivity index (χ1) is 12.8. The van der Waals surface area contributed by atoms with Crippen LogP contribution in [0.25, 0.3) is 0 Å². The molecule has 1 aliphatic rings. The van der Waals surface area contributed by atoms with E-state index in [1.54, 1.807) is 15.8 Å². The number of hydrogen-bond donors (Lipinski definition) is 0. The molecule has 27 heavy (non-hydrogen) atoms. The molecule has 0 spiro atoms. The molecule has 0 atom stereocenters. The van der Waals surface area contributed by atoms with Gasteiger partial charge in [-0.1, -0.05) is 45.0 Å². The number of benzene rings is 1. The molecule has 0 bridgehead atoms. The number of amides is 2. The lowest BCUT2D eigenvalue weighted by Gasteiger charge is -2.34. The highest BCUT2D eigenvalue weighted by Crippen LogP contribution is 2.22. The summed E-state index contributed by atoms with van der Waals surface area (Å²) in [4.78, 5) is 32.6. The number of rotatable bonds is 4. The Bertz CT molecular complexity index is 771. The molecule has 2 aromatic rings. The van der Waals surface area contributed by atoms with Crippen molar-refractivity contribution in [2.24, 2.45) is 0 Å². The zero-order chi connectivity index (χ0) is 19.4. The number of hydrogen-bond acceptors (Lipinski definition) is 4. The number of carbonyl (C=O) groups excluding carboxylic acids is 2. The van der Waals surface area contributed by atoms with Gasteiger partial charge in [0.25, 0.3) is 5.91 Å². The Balaban J connectivity index is 1.46. The lowest BCUT2D eigenvalue weighted by Crippen LogP contribution is -2.50. The first-order valence-corrected chi connectivity index (χ1v) is 10.3. The molecule has 1 fully saturated rings. The maximum atomic E-state index is 12.5. The van der Waals surface area contributed by atoms with E-state index in [0.717, 1.165) is 6.42 Å². The summed E-state index contributed by atoms with van der Waals surface area (Å²) in [6.45, 7) is 8.93. The third-order valence-electron chi connectivity index (χ3n) is 5.02. The molecule has 1 aromatic carbocycles. The van der Waals surface area contributed by atoms with Crippen LogP contribution in [0.2, 0.25) is 0 Å². The summed E-state index contributed by atoms with van der Waals surface area (Å²) in [6, 6.07) is 8.56. The van der Waals surface area contributed by atoms with E-state index in [1.807, 2.05) is 4.90 Å². The topological polar surface area (TPSA) is 53.5 Å². The Morgan fingerprint density at radius 1 is 1.04 bits per heavy atom. The molecule has 0 aliphatic carbocycles. The van der Waals surface area contributed by atoms with Crippen LogP contribution in [0.5, 0.6) is 0 Å². The van der Waals surface area contributed by atoms with Gasteiger partial charge in [0.2, 0.25) is 5.91 Å². The van der Waals surface area contributed by atoms with Crippen LogP contribution < -0.4 is 0 Å². The van der Waals surface area contributed by atoms with E-state index in [9.17, 15) is 9.59 Å². The zero-order valence-electron chi connectivity index (χ0n) is 16.3. The SMILES string of the molecule is CC(C)(C)c1ccc(CCC(=O)N2CCN(C(=O)c3cscn3)CC2)cc1. The average molecular weight is 386 g/mol. The van der Waals surface area contributed by atoms with Crippen molar-refractivity contribution >= 4 is 23.2 Å². The van der Waals surface area contributed by atoms with Gasteiger partial charge in [0.15, 0.2) is 0 Å². The molecule has 0 radical (unpaired) electrons. The van der Waals surface area contributed by atoms with Crippen molar-refractivity contribution in [2.75, 3.05) is 26.2 Å². The standard InChI is InChI=1S/C21H27N3O2S/c1-21(2,3)17-7-4-16(5-8-17)6-9-19(25)23-10-12-24(13-11-23)20(26)18-14-27-15-22-18/h4-5,7-8,14-15H,6,9-13H2,1-3H3. The summed E-state index contributed by atoms with van der Waals surface area (Å²) in [5, 5.41) is 1.77. The number of nitrogens with zero attached hydrogens (tertiary/aromatic N) is 3. The molecule has 2 amide bonds. The third-order valence-corrected chi connectivity index (χ3v) is 5.60. The van der Waals surface area contributed by atoms with E-state index in [-0.39, 0.29) is 17.2 Å². The molecule has 2 heterocycles. The van der Waals surface area contributed by atoms with Crippen molar-refractivity contribution in [2.45, 2.75) is 39.0 Å². The van der Waals surface area contributed by atoms with Gasteiger partial charge >= 0.3 is 0 Å². The second-order valence-electron chi connectivity index (χ2n) is 7.99. The van der Waals surface area contributed by atoms with Gasteiger partial charge in [-0.05, 0) is 23.0 Å². The number of carbonyl (C=O) groups is 2. The minimum absolute atomic E-state index is 0.0395. The van der Waals surface area contributed by atoms with Crippen molar-refractivity contribution in [3.05, 3.63) is 52.0 Å². The highest BCUT2D eigenvalue weighted by molar-refractivity contribution is 7.07. The van der Waals surface area contributed by atoms with Crippen LogP contribution in [0.4, 0.5) is 0 Å². The van der Waals surface area contributed by atoms with E-state index < -0.39 is 0 Å². The Kier molecular flexibility index (Phi) is 5.95. The smallest absolute Gasteiger partial charge is 0.273 e. The highest BCUT2D eigenvalue weighted by atomic mass is 32.1. The Hall–Kier alpha value is -2.21. The fraction of sp³-hybridized carbons (Fsp3) is 0.476. The van der Waals surface area contributed by atoms with E-state index in [0.29, 0.717) is 38.3 Å². The van der Waals surface area contributed by atoms with Crippen LogP contribution in [-0.4, -0.2) is 52.8 Å². The molecule has 1 saturated heterocycles. The van der Waals surface area contributed by atoms with Crippen molar-refractivity contribution in [1.29, 1.82) is 0 Å². The molecule has 0 unspecified atom stereocenters. The van der Waals surface area contributed by atoms with Gasteiger partial charge < -0.3 is 9.80 Å². The van der Waals surface area contributed by atoms with Gasteiger partial charge in [-0.15, -0.1) is 11.3 Å². The molecular formula is C21H27N3O2S. The second-order valence-corrected chi connectivity index (χ2v) is 8.71. The summed E-state index contributed by atoms with van der Waals surface area (Å²) in [6.07, 6.45) is 1.26. The van der Waals surface area contributed by atoms with Crippen LogP contribution in [-0.2, 0) is 16.6 Å². The molecule has 1 aliphatic heterocycles. The van der Waals surface area contributed by atoms with Crippen LogP contribution in [0.1, 0.15) is 48.8 Å². The summed E-state index contributed by atoms with van der Waals surface area (Å²) < 4.78 is 0. The van der Waals surface area contributed by atoms with Crippen molar-refractivity contribution in [1.82, 2.24) is 14.8 Å². The largest absolute Gasteiger partial charge is 0.339 e. The fourth-order valence-electron chi connectivity index (χ4n) is 3.22. The molecule has 3 rings (SSSR count). The van der Waals surface area contributed by atoms with Crippen molar-refractivity contribution in [3.8, 4) is 0 Å². The predicted molar refractivity (Wildman–Crippen MR) is 108 cm³/mol. The molecule has 144 valence electrons. The minimum atomic E-state index is -0.0395. The van der Waals surface area contributed by atoms with Gasteiger partial charge in [0.05, 0.1) is 5.51 Å². The third kappa shape index (κ3) is 4.95. The Morgan fingerprint density at radius 2 is 1.67 bits per heavy atom. The number of aryl methyl sites for hydroxylation is 1. The van der Waals surface area contributed by atoms with Crippen LogP contribution in [0.15, 0.2) is 35.2 Å². The van der Waals surface area contributed by atoms with Gasteiger partial charge in [0, 0.05) is 38.0 Å². The van der Waals surface area contributed by atoms with E-state index in [2.05, 4.69) is 50.0 Å². The quantitative estimate of drug-likeness (QED) is 0.811. The predicted octanol–water partition coefficient (Wildman–Crippen LogP) is 3.36. The number of piperazine rings is 1. The lowest BCUT2D eigenvalue weighted by atomic mass is 9.86. The Labute approximate surface area is 165 Å². The van der Waals surface area contributed by atoms with Crippen LogP contribution in [0, 0.1) is 0 Å². The number of aromatic nitrogens is 1. The van der Waals surface area contributed by atoms with E-state index in [4.69, 9.17) is 0 Å². The summed E-state index contributed by atoms with van der Waals surface area (Å²) in [5.74, 6) is 0.123. The maximum Gasteiger partial charge on any atom is 0.273 e. The second kappa shape index (κ2) is 8.21. The monoisotopic (exact) mass is 385 g/mol. The molecule has 1 aromatic heterocycles. The number of thiazole rings is 1. The minimum Gasteiger partial charge on any atom is -0.339 e. The zero-order valence-corrected chi connectivity index (χ0v) is 17.1. The van der Waals surface area contributed by atoms with Crippen LogP contribution in [0.3, 0.4) is 0 Å². The summed E-state index contributed by atoms with van der Waals surface area (Å²) in [5.41, 5.74) is 4.80. The molecule has 5 nitrogen and oxygen atoms in total. The first kappa shape index (κ1) is 19.5. The Morgan fingerprint density at radius 3 is 2.22 bits per heavy atom.